The molecular formula is C10H11FO2. The summed E-state index contributed by atoms with van der Waals surface area (Å²) in [6.07, 6.45) is 0.174. The van der Waals surface area contributed by atoms with Gasteiger partial charge in [0.25, 0.3) is 0 Å². The lowest BCUT2D eigenvalue weighted by atomic mass is 10.0. The fourth-order valence-corrected chi connectivity index (χ4v) is 1.21. The quantitative estimate of drug-likeness (QED) is 0.768. The van der Waals surface area contributed by atoms with Gasteiger partial charge in [0.15, 0.2) is 0 Å². The fourth-order valence-electron chi connectivity index (χ4n) is 1.21. The van der Waals surface area contributed by atoms with Crippen molar-refractivity contribution in [2.45, 2.75) is 20.0 Å². The van der Waals surface area contributed by atoms with Crippen molar-refractivity contribution in [3.63, 3.8) is 0 Å². The highest BCUT2D eigenvalue weighted by atomic mass is 19.1. The zero-order chi connectivity index (χ0) is 9.84. The van der Waals surface area contributed by atoms with E-state index in [2.05, 4.69) is 0 Å². The van der Waals surface area contributed by atoms with E-state index >= 15 is 0 Å². The number of halogens is 1. The van der Waals surface area contributed by atoms with Gasteiger partial charge in [0.2, 0.25) is 0 Å². The summed E-state index contributed by atoms with van der Waals surface area (Å²) in [5, 5.41) is 8.86. The molecule has 70 valence electrons. The Morgan fingerprint density at radius 3 is 2.77 bits per heavy atom. The van der Waals surface area contributed by atoms with Crippen molar-refractivity contribution < 1.29 is 14.3 Å². The number of ketones is 1. The smallest absolute Gasteiger partial charge is 0.134 e. The molecule has 2 nitrogen and oxygen atoms in total. The van der Waals surface area contributed by atoms with E-state index in [1.165, 1.54) is 19.1 Å². The molecule has 0 fully saturated rings. The Hall–Kier alpha value is -1.22. The molecule has 0 aliphatic heterocycles. The third-order valence-corrected chi connectivity index (χ3v) is 1.81. The molecule has 0 radical (unpaired) electrons. The van der Waals surface area contributed by atoms with Crippen LogP contribution in [0, 0.1) is 5.82 Å². The Labute approximate surface area is 76.0 Å². The second-order valence-corrected chi connectivity index (χ2v) is 2.91. The Kier molecular flexibility index (Phi) is 3.14. The first-order valence-electron chi connectivity index (χ1n) is 4.01. The molecule has 1 rings (SSSR count). The summed E-state index contributed by atoms with van der Waals surface area (Å²) >= 11 is 0. The highest BCUT2D eigenvalue weighted by Gasteiger charge is 2.08. The van der Waals surface area contributed by atoms with E-state index in [1.807, 2.05) is 0 Å². The SMILES string of the molecule is CC(=O)Cc1cccc(F)c1CO. The molecule has 0 aliphatic rings. The summed E-state index contributed by atoms with van der Waals surface area (Å²) in [5.74, 6) is -0.499. The van der Waals surface area contributed by atoms with Gasteiger partial charge in [0.05, 0.1) is 6.61 Å². The summed E-state index contributed by atoms with van der Waals surface area (Å²) < 4.78 is 13.0. The van der Waals surface area contributed by atoms with Crippen molar-refractivity contribution in [2.24, 2.45) is 0 Å². The first-order chi connectivity index (χ1) is 6.15. The van der Waals surface area contributed by atoms with Gasteiger partial charge in [-0.3, -0.25) is 4.79 Å². The second-order valence-electron chi connectivity index (χ2n) is 2.91. The molecule has 1 aromatic rings. The number of carbonyl (C=O) groups excluding carboxylic acids is 1. The molecular weight excluding hydrogens is 171 g/mol. The summed E-state index contributed by atoms with van der Waals surface area (Å²) in [5.41, 5.74) is 0.785. The van der Waals surface area contributed by atoms with Crippen molar-refractivity contribution in [3.05, 3.63) is 35.1 Å². The minimum absolute atomic E-state index is 0.0414. The van der Waals surface area contributed by atoms with Crippen LogP contribution in [0.25, 0.3) is 0 Å². The molecule has 0 spiro atoms. The zero-order valence-corrected chi connectivity index (χ0v) is 7.38. The zero-order valence-electron chi connectivity index (χ0n) is 7.38. The molecule has 0 aromatic heterocycles. The van der Waals surface area contributed by atoms with E-state index in [1.54, 1.807) is 6.07 Å². The van der Waals surface area contributed by atoms with Gasteiger partial charge >= 0.3 is 0 Å². The van der Waals surface area contributed by atoms with Gasteiger partial charge in [-0.1, -0.05) is 12.1 Å². The van der Waals surface area contributed by atoms with Crippen molar-refractivity contribution in [3.8, 4) is 0 Å². The lowest BCUT2D eigenvalue weighted by Crippen LogP contribution is -2.03. The third-order valence-electron chi connectivity index (χ3n) is 1.81. The van der Waals surface area contributed by atoms with Crippen LogP contribution in [-0.4, -0.2) is 10.9 Å². The minimum Gasteiger partial charge on any atom is -0.392 e. The van der Waals surface area contributed by atoms with Crippen LogP contribution in [0.3, 0.4) is 0 Å². The predicted molar refractivity (Wildman–Crippen MR) is 46.7 cm³/mol. The monoisotopic (exact) mass is 182 g/mol. The second kappa shape index (κ2) is 4.14. The lowest BCUT2D eigenvalue weighted by molar-refractivity contribution is -0.116. The standard InChI is InChI=1S/C10H11FO2/c1-7(13)5-8-3-2-4-10(11)9(8)6-12/h2-4,12H,5-6H2,1H3. The Balaban J connectivity index is 3.05. The van der Waals surface area contributed by atoms with Crippen LogP contribution in [0.4, 0.5) is 4.39 Å². The van der Waals surface area contributed by atoms with Gasteiger partial charge in [-0.2, -0.15) is 0 Å². The van der Waals surface area contributed by atoms with Gasteiger partial charge in [-0.25, -0.2) is 4.39 Å². The van der Waals surface area contributed by atoms with Crippen LogP contribution in [0.5, 0.6) is 0 Å². The van der Waals surface area contributed by atoms with Gasteiger partial charge in [0, 0.05) is 12.0 Å². The number of carbonyl (C=O) groups is 1. The van der Waals surface area contributed by atoms with Crippen molar-refractivity contribution in [2.75, 3.05) is 0 Å². The number of aliphatic hydroxyl groups is 1. The van der Waals surface area contributed by atoms with Crippen LogP contribution >= 0.6 is 0 Å². The van der Waals surface area contributed by atoms with Crippen LogP contribution in [-0.2, 0) is 17.8 Å². The van der Waals surface area contributed by atoms with E-state index in [9.17, 15) is 9.18 Å². The van der Waals surface area contributed by atoms with Gasteiger partial charge in [-0.05, 0) is 18.6 Å². The molecule has 0 atom stereocenters. The number of hydrogen-bond acceptors (Lipinski definition) is 2. The number of hydrogen-bond donors (Lipinski definition) is 1. The summed E-state index contributed by atoms with van der Waals surface area (Å²) in [6.45, 7) is 1.07. The van der Waals surface area contributed by atoms with Gasteiger partial charge < -0.3 is 5.11 Å². The largest absolute Gasteiger partial charge is 0.392 e. The molecule has 0 amide bonds. The van der Waals surface area contributed by atoms with Crippen LogP contribution in [0.2, 0.25) is 0 Å². The van der Waals surface area contributed by atoms with E-state index in [4.69, 9.17) is 5.11 Å². The van der Waals surface area contributed by atoms with Crippen molar-refractivity contribution >= 4 is 5.78 Å². The normalized spacial score (nSPS) is 10.1. The maximum absolute atomic E-state index is 13.0. The van der Waals surface area contributed by atoms with E-state index in [-0.39, 0.29) is 24.4 Å². The number of benzene rings is 1. The van der Waals surface area contributed by atoms with Crippen LogP contribution in [0.15, 0.2) is 18.2 Å². The Morgan fingerprint density at radius 1 is 1.54 bits per heavy atom. The number of aliphatic hydroxyl groups excluding tert-OH is 1. The molecule has 0 saturated heterocycles. The molecule has 0 heterocycles. The number of Topliss-reactive ketones (excluding diaryl/α,β-unsaturated/α-hetero) is 1. The Morgan fingerprint density at radius 2 is 2.23 bits per heavy atom. The van der Waals surface area contributed by atoms with E-state index in [0.29, 0.717) is 5.56 Å². The molecule has 0 bridgehead atoms. The summed E-state index contributed by atoms with van der Waals surface area (Å²) in [6, 6.07) is 4.46. The topological polar surface area (TPSA) is 37.3 Å². The molecule has 0 saturated carbocycles. The Bertz CT molecular complexity index is 321. The molecule has 3 heteroatoms. The molecule has 13 heavy (non-hydrogen) atoms. The van der Waals surface area contributed by atoms with Gasteiger partial charge in [0.1, 0.15) is 11.6 Å². The fraction of sp³-hybridized carbons (Fsp3) is 0.300. The third kappa shape index (κ3) is 2.36. The maximum Gasteiger partial charge on any atom is 0.134 e. The van der Waals surface area contributed by atoms with Crippen molar-refractivity contribution in [1.82, 2.24) is 0 Å². The molecule has 1 N–H and O–H groups in total. The molecule has 0 aliphatic carbocycles. The van der Waals surface area contributed by atoms with Gasteiger partial charge in [-0.15, -0.1) is 0 Å². The lowest BCUT2D eigenvalue weighted by Gasteiger charge is -2.05. The summed E-state index contributed by atoms with van der Waals surface area (Å²) in [7, 11) is 0. The predicted octanol–water partition coefficient (Wildman–Crippen LogP) is 1.45. The van der Waals surface area contributed by atoms with Crippen LogP contribution in [0.1, 0.15) is 18.1 Å². The van der Waals surface area contributed by atoms with Crippen LogP contribution < -0.4 is 0 Å². The average Bonchev–Trinajstić information content (AvgIpc) is 2.03. The van der Waals surface area contributed by atoms with Crippen molar-refractivity contribution in [1.29, 1.82) is 0 Å². The van der Waals surface area contributed by atoms with E-state index < -0.39 is 5.82 Å². The first kappa shape index (κ1) is 9.86. The first-order valence-corrected chi connectivity index (χ1v) is 4.01. The highest BCUT2D eigenvalue weighted by molar-refractivity contribution is 5.78. The van der Waals surface area contributed by atoms with E-state index in [0.717, 1.165) is 0 Å². The summed E-state index contributed by atoms with van der Waals surface area (Å²) in [4.78, 5) is 10.8. The maximum atomic E-state index is 13.0. The minimum atomic E-state index is -0.457. The highest BCUT2D eigenvalue weighted by Crippen LogP contribution is 2.14. The molecule has 1 aromatic carbocycles. The molecule has 0 unspecified atom stereocenters. The average molecular weight is 182 g/mol. The number of rotatable bonds is 3.